The van der Waals surface area contributed by atoms with Gasteiger partial charge in [0, 0.05) is 18.7 Å². The summed E-state index contributed by atoms with van der Waals surface area (Å²) in [4.78, 5) is 14.2. The van der Waals surface area contributed by atoms with E-state index in [0.717, 1.165) is 11.1 Å². The van der Waals surface area contributed by atoms with Gasteiger partial charge in [-0.2, -0.15) is 0 Å². The van der Waals surface area contributed by atoms with Crippen LogP contribution in [-0.4, -0.2) is 32.3 Å². The summed E-state index contributed by atoms with van der Waals surface area (Å²) < 4.78 is 28.1. The molecule has 0 saturated heterocycles. The molecule has 1 amide bonds. The fourth-order valence-corrected chi connectivity index (χ4v) is 3.91. The number of para-hydroxylation sites is 1. The number of carbonyl (C=O) groups is 1. The first-order valence-corrected chi connectivity index (χ1v) is 9.76. The minimum atomic E-state index is -3.77. The molecule has 0 heterocycles. The van der Waals surface area contributed by atoms with Gasteiger partial charge in [-0.05, 0) is 57.0 Å². The molecule has 134 valence electrons. The van der Waals surface area contributed by atoms with Gasteiger partial charge in [0.15, 0.2) is 0 Å². The third kappa shape index (κ3) is 4.20. The van der Waals surface area contributed by atoms with Crippen LogP contribution in [0.15, 0.2) is 47.4 Å². The van der Waals surface area contributed by atoms with Crippen LogP contribution in [0, 0.1) is 13.8 Å². The van der Waals surface area contributed by atoms with E-state index in [4.69, 9.17) is 0 Å². The van der Waals surface area contributed by atoms with Crippen molar-refractivity contribution in [1.82, 2.24) is 4.90 Å². The highest BCUT2D eigenvalue weighted by Gasteiger charge is 2.19. The van der Waals surface area contributed by atoms with E-state index in [1.807, 2.05) is 45.9 Å². The molecule has 25 heavy (non-hydrogen) atoms. The van der Waals surface area contributed by atoms with Gasteiger partial charge >= 0.3 is 0 Å². The molecular weight excluding hydrogens is 336 g/mol. The Morgan fingerprint density at radius 2 is 1.56 bits per heavy atom. The lowest BCUT2D eigenvalue weighted by Crippen LogP contribution is -2.30. The summed E-state index contributed by atoms with van der Waals surface area (Å²) in [6, 6.07) is 11.7. The zero-order valence-corrected chi connectivity index (χ0v) is 15.9. The molecule has 2 rings (SSSR count). The molecular formula is C19H24N2O3S. The minimum absolute atomic E-state index is 0.0770. The standard InChI is InChI=1S/C19H24N2O3S/c1-5-21(6-2)19(22)16-11-8-12-17(13-16)25(23,24)20-18-14(3)9-7-10-15(18)4/h7-13,20H,5-6H2,1-4H3. The van der Waals surface area contributed by atoms with Gasteiger partial charge < -0.3 is 4.90 Å². The number of nitrogens with zero attached hydrogens (tertiary/aromatic N) is 1. The van der Waals surface area contributed by atoms with Gasteiger partial charge in [-0.25, -0.2) is 8.42 Å². The zero-order valence-electron chi connectivity index (χ0n) is 15.0. The number of hydrogen-bond donors (Lipinski definition) is 1. The number of benzene rings is 2. The second-order valence-electron chi connectivity index (χ2n) is 5.88. The van der Waals surface area contributed by atoms with Crippen LogP contribution in [-0.2, 0) is 10.0 Å². The average Bonchev–Trinajstić information content (AvgIpc) is 2.59. The van der Waals surface area contributed by atoms with Crippen LogP contribution >= 0.6 is 0 Å². The predicted octanol–water partition coefficient (Wildman–Crippen LogP) is 3.59. The highest BCUT2D eigenvalue weighted by molar-refractivity contribution is 7.92. The van der Waals surface area contributed by atoms with Gasteiger partial charge in [0.1, 0.15) is 0 Å². The Bertz CT molecular complexity index is 852. The van der Waals surface area contributed by atoms with Crippen molar-refractivity contribution in [3.8, 4) is 0 Å². The number of aryl methyl sites for hydroxylation is 2. The molecule has 0 aliphatic carbocycles. The number of sulfonamides is 1. The molecule has 6 heteroatoms. The SMILES string of the molecule is CCN(CC)C(=O)c1cccc(S(=O)(=O)Nc2c(C)cccc2C)c1. The molecule has 0 unspecified atom stereocenters. The minimum Gasteiger partial charge on any atom is -0.339 e. The van der Waals surface area contributed by atoms with Crippen molar-refractivity contribution in [3.05, 3.63) is 59.2 Å². The van der Waals surface area contributed by atoms with Crippen LogP contribution in [0.2, 0.25) is 0 Å². The van der Waals surface area contributed by atoms with Crippen molar-refractivity contribution >= 4 is 21.6 Å². The number of hydrogen-bond acceptors (Lipinski definition) is 3. The molecule has 1 N–H and O–H groups in total. The first kappa shape index (κ1) is 19.0. The first-order chi connectivity index (χ1) is 11.8. The highest BCUT2D eigenvalue weighted by atomic mass is 32.2. The van der Waals surface area contributed by atoms with Crippen LogP contribution in [0.5, 0.6) is 0 Å². The third-order valence-electron chi connectivity index (χ3n) is 4.16. The number of anilines is 1. The Morgan fingerprint density at radius 3 is 2.12 bits per heavy atom. The highest BCUT2D eigenvalue weighted by Crippen LogP contribution is 2.24. The summed E-state index contributed by atoms with van der Waals surface area (Å²) in [5.74, 6) is -0.172. The van der Waals surface area contributed by atoms with Crippen molar-refractivity contribution in [2.45, 2.75) is 32.6 Å². The van der Waals surface area contributed by atoms with Gasteiger partial charge in [0.2, 0.25) is 0 Å². The van der Waals surface area contributed by atoms with Crippen LogP contribution < -0.4 is 4.72 Å². The molecule has 2 aromatic rings. The Balaban J connectivity index is 2.38. The number of rotatable bonds is 6. The van der Waals surface area contributed by atoms with E-state index in [9.17, 15) is 13.2 Å². The molecule has 0 atom stereocenters. The Labute approximate surface area is 149 Å². The third-order valence-corrected chi connectivity index (χ3v) is 5.51. The summed E-state index contributed by atoms with van der Waals surface area (Å²) in [5.41, 5.74) is 2.63. The lowest BCUT2D eigenvalue weighted by molar-refractivity contribution is 0.0772. The van der Waals surface area contributed by atoms with Gasteiger partial charge in [0.05, 0.1) is 10.6 Å². The van der Waals surface area contributed by atoms with E-state index < -0.39 is 10.0 Å². The van der Waals surface area contributed by atoms with E-state index in [0.29, 0.717) is 24.3 Å². The number of amides is 1. The molecule has 0 radical (unpaired) electrons. The van der Waals surface area contributed by atoms with E-state index in [-0.39, 0.29) is 10.8 Å². The van der Waals surface area contributed by atoms with Crippen LogP contribution in [0.25, 0.3) is 0 Å². The molecule has 0 aromatic heterocycles. The molecule has 0 bridgehead atoms. The van der Waals surface area contributed by atoms with Crippen molar-refractivity contribution < 1.29 is 13.2 Å². The lowest BCUT2D eigenvalue weighted by atomic mass is 10.1. The molecule has 0 aliphatic rings. The van der Waals surface area contributed by atoms with Gasteiger partial charge in [0.25, 0.3) is 15.9 Å². The molecule has 0 saturated carbocycles. The maximum atomic E-state index is 12.8. The molecule has 5 nitrogen and oxygen atoms in total. The smallest absolute Gasteiger partial charge is 0.261 e. The Kier molecular flexibility index (Phi) is 5.85. The quantitative estimate of drug-likeness (QED) is 0.856. The van der Waals surface area contributed by atoms with E-state index in [2.05, 4.69) is 4.72 Å². The zero-order chi connectivity index (χ0) is 18.6. The Morgan fingerprint density at radius 1 is 1.00 bits per heavy atom. The molecule has 0 fully saturated rings. The van der Waals surface area contributed by atoms with Crippen molar-refractivity contribution in [2.24, 2.45) is 0 Å². The topological polar surface area (TPSA) is 66.5 Å². The number of carbonyl (C=O) groups excluding carboxylic acids is 1. The lowest BCUT2D eigenvalue weighted by Gasteiger charge is -2.19. The van der Waals surface area contributed by atoms with Gasteiger partial charge in [-0.1, -0.05) is 24.3 Å². The van der Waals surface area contributed by atoms with Crippen molar-refractivity contribution in [3.63, 3.8) is 0 Å². The van der Waals surface area contributed by atoms with Crippen LogP contribution in [0.1, 0.15) is 35.3 Å². The second-order valence-corrected chi connectivity index (χ2v) is 7.56. The summed E-state index contributed by atoms with van der Waals surface area (Å²) in [6.45, 7) is 8.64. The van der Waals surface area contributed by atoms with Crippen LogP contribution in [0.3, 0.4) is 0 Å². The molecule has 0 spiro atoms. The average molecular weight is 360 g/mol. The van der Waals surface area contributed by atoms with Gasteiger partial charge in [-0.3, -0.25) is 9.52 Å². The molecule has 0 aliphatic heterocycles. The van der Waals surface area contributed by atoms with E-state index >= 15 is 0 Å². The first-order valence-electron chi connectivity index (χ1n) is 8.28. The Hall–Kier alpha value is -2.34. The summed E-state index contributed by atoms with van der Waals surface area (Å²) in [5, 5.41) is 0. The monoisotopic (exact) mass is 360 g/mol. The normalized spacial score (nSPS) is 11.2. The maximum absolute atomic E-state index is 12.8. The van der Waals surface area contributed by atoms with E-state index in [1.165, 1.54) is 12.1 Å². The van der Waals surface area contributed by atoms with Crippen molar-refractivity contribution in [1.29, 1.82) is 0 Å². The summed E-state index contributed by atoms with van der Waals surface area (Å²) in [6.07, 6.45) is 0. The molecule has 2 aromatic carbocycles. The van der Waals surface area contributed by atoms with Crippen LogP contribution in [0.4, 0.5) is 5.69 Å². The predicted molar refractivity (Wildman–Crippen MR) is 100 cm³/mol. The number of nitrogens with one attached hydrogen (secondary N) is 1. The van der Waals surface area contributed by atoms with E-state index in [1.54, 1.807) is 17.0 Å². The maximum Gasteiger partial charge on any atom is 0.261 e. The largest absolute Gasteiger partial charge is 0.339 e. The van der Waals surface area contributed by atoms with Gasteiger partial charge in [-0.15, -0.1) is 0 Å². The second kappa shape index (κ2) is 7.70. The summed E-state index contributed by atoms with van der Waals surface area (Å²) in [7, 11) is -3.77. The van der Waals surface area contributed by atoms with Crippen molar-refractivity contribution in [2.75, 3.05) is 17.8 Å². The fraction of sp³-hybridized carbons (Fsp3) is 0.316. The summed E-state index contributed by atoms with van der Waals surface area (Å²) >= 11 is 0. The fourth-order valence-electron chi connectivity index (χ4n) is 2.66.